The van der Waals surface area contributed by atoms with Gasteiger partial charge in [-0.2, -0.15) is 0 Å². The Hall–Kier alpha value is -8.40. The maximum absolute atomic E-state index is 6.78. The second kappa shape index (κ2) is 15.3. The van der Waals surface area contributed by atoms with Gasteiger partial charge in [-0.25, -0.2) is 0 Å². The molecule has 0 aliphatic carbocycles. The number of furan rings is 2. The highest BCUT2D eigenvalue weighted by Gasteiger charge is 2.24. The van der Waals surface area contributed by atoms with Gasteiger partial charge >= 0.3 is 0 Å². The molecule has 3 nitrogen and oxygen atoms in total. The zero-order chi connectivity index (χ0) is 41.7. The Labute approximate surface area is 365 Å². The zero-order valence-corrected chi connectivity index (χ0v) is 34.3. The van der Waals surface area contributed by atoms with Crippen molar-refractivity contribution in [3.63, 3.8) is 0 Å². The number of benzene rings is 10. The highest BCUT2D eigenvalue weighted by Crippen LogP contribution is 2.48. The summed E-state index contributed by atoms with van der Waals surface area (Å²) in [6.07, 6.45) is 0. The van der Waals surface area contributed by atoms with Gasteiger partial charge in [-0.1, -0.05) is 182 Å². The average molecular weight is 806 g/mol. The third-order valence-electron chi connectivity index (χ3n) is 12.3. The van der Waals surface area contributed by atoms with Crippen LogP contribution in [0.15, 0.2) is 245 Å². The number of nitrogens with zero attached hydrogens (tertiary/aromatic N) is 1. The summed E-state index contributed by atoms with van der Waals surface area (Å²) in [5, 5.41) is 4.42. The van der Waals surface area contributed by atoms with Crippen LogP contribution in [-0.4, -0.2) is 0 Å². The molecule has 0 amide bonds. The quantitative estimate of drug-likeness (QED) is 0.153. The van der Waals surface area contributed by atoms with Gasteiger partial charge < -0.3 is 13.7 Å². The van der Waals surface area contributed by atoms with Crippen molar-refractivity contribution in [2.24, 2.45) is 0 Å². The third kappa shape index (κ3) is 6.38. The Morgan fingerprint density at radius 1 is 0.254 bits per heavy atom. The average Bonchev–Trinajstić information content (AvgIpc) is 3.94. The van der Waals surface area contributed by atoms with E-state index < -0.39 is 0 Å². The van der Waals surface area contributed by atoms with Crippen LogP contribution in [0.3, 0.4) is 0 Å². The maximum Gasteiger partial charge on any atom is 0.159 e. The molecule has 0 fully saturated rings. The van der Waals surface area contributed by atoms with Crippen LogP contribution in [0.25, 0.3) is 99.5 Å². The van der Waals surface area contributed by atoms with E-state index in [1.54, 1.807) is 0 Å². The summed E-state index contributed by atoms with van der Waals surface area (Å²) in [6, 6.07) is 84.2. The van der Waals surface area contributed by atoms with Crippen molar-refractivity contribution in [1.82, 2.24) is 0 Å². The lowest BCUT2D eigenvalue weighted by molar-refractivity contribution is 0.668. The molecule has 0 atom stereocenters. The van der Waals surface area contributed by atoms with Crippen LogP contribution >= 0.6 is 0 Å². The van der Waals surface area contributed by atoms with Crippen molar-refractivity contribution in [2.45, 2.75) is 0 Å². The van der Waals surface area contributed by atoms with E-state index >= 15 is 0 Å². The molecule has 10 aromatic carbocycles. The lowest BCUT2D eigenvalue weighted by Gasteiger charge is -2.29. The van der Waals surface area contributed by atoms with Crippen LogP contribution < -0.4 is 4.90 Å². The van der Waals surface area contributed by atoms with Crippen molar-refractivity contribution in [1.29, 1.82) is 0 Å². The summed E-state index contributed by atoms with van der Waals surface area (Å²) in [6.45, 7) is 0. The van der Waals surface area contributed by atoms with Crippen molar-refractivity contribution < 1.29 is 8.83 Å². The van der Waals surface area contributed by atoms with Crippen molar-refractivity contribution in [2.75, 3.05) is 4.90 Å². The molecule has 0 unspecified atom stereocenters. The lowest BCUT2D eigenvalue weighted by atomic mass is 9.86. The molecule has 0 saturated heterocycles. The maximum atomic E-state index is 6.78. The summed E-state index contributed by atoms with van der Waals surface area (Å²) in [5.74, 6) is 0. The summed E-state index contributed by atoms with van der Waals surface area (Å²) < 4.78 is 13.1. The first-order valence-electron chi connectivity index (χ1n) is 21.4. The van der Waals surface area contributed by atoms with Crippen LogP contribution in [0.2, 0.25) is 0 Å². The normalized spacial score (nSPS) is 11.5. The third-order valence-corrected chi connectivity index (χ3v) is 12.3. The molecule has 63 heavy (non-hydrogen) atoms. The van der Waals surface area contributed by atoms with Gasteiger partial charge in [-0.05, 0) is 105 Å². The highest BCUT2D eigenvalue weighted by molar-refractivity contribution is 6.11. The first kappa shape index (κ1) is 36.5. The fraction of sp³-hybridized carbons (Fsp3) is 0. The monoisotopic (exact) mass is 805 g/mol. The molecule has 0 bridgehead atoms. The minimum atomic E-state index is 0.835. The van der Waals surface area contributed by atoms with Gasteiger partial charge in [0, 0.05) is 32.8 Å². The first-order chi connectivity index (χ1) is 31.2. The summed E-state index contributed by atoms with van der Waals surface area (Å²) in [7, 11) is 0. The molecule has 0 aliphatic heterocycles. The van der Waals surface area contributed by atoms with Crippen molar-refractivity contribution in [3.8, 4) is 55.6 Å². The van der Waals surface area contributed by atoms with E-state index in [4.69, 9.17) is 8.83 Å². The standard InChI is InChI=1S/C60H39NO2/c1-3-16-40(17-4-1)43-32-36-48(54(38-43)47-21-8-7-20-46(47)42-18-5-2-6-19-42)49-22-9-12-26-55(49)61(56-27-15-25-53-51-24-11-14-29-58(51)63-60(53)56)45-34-30-41(31-35-45)44-33-37-52-50-23-10-13-28-57(50)62-59(52)39-44/h1-39H. The molecule has 2 heterocycles. The van der Waals surface area contributed by atoms with E-state index in [1.807, 2.05) is 18.2 Å². The topological polar surface area (TPSA) is 29.5 Å². The Balaban J connectivity index is 1.07. The first-order valence-corrected chi connectivity index (χ1v) is 21.4. The Kier molecular flexibility index (Phi) is 8.83. The van der Waals surface area contributed by atoms with E-state index in [2.05, 4.69) is 223 Å². The van der Waals surface area contributed by atoms with E-state index in [9.17, 15) is 0 Å². The molecule has 0 saturated carbocycles. The fourth-order valence-corrected chi connectivity index (χ4v) is 9.32. The number of hydrogen-bond donors (Lipinski definition) is 0. The second-order valence-corrected chi connectivity index (χ2v) is 16.0. The predicted molar refractivity (Wildman–Crippen MR) is 263 cm³/mol. The molecule has 0 N–H and O–H groups in total. The molecule has 0 aliphatic rings. The van der Waals surface area contributed by atoms with Crippen LogP contribution in [0.4, 0.5) is 17.1 Å². The number of hydrogen-bond acceptors (Lipinski definition) is 3. The predicted octanol–water partition coefficient (Wildman–Crippen LogP) is 17.3. The Bertz CT molecular complexity index is 3620. The molecule has 0 spiro atoms. The van der Waals surface area contributed by atoms with Crippen molar-refractivity contribution in [3.05, 3.63) is 237 Å². The van der Waals surface area contributed by atoms with E-state index in [0.717, 1.165) is 94.3 Å². The van der Waals surface area contributed by atoms with Crippen LogP contribution in [0.5, 0.6) is 0 Å². The largest absolute Gasteiger partial charge is 0.456 e. The number of rotatable bonds is 8. The molecule has 12 rings (SSSR count). The van der Waals surface area contributed by atoms with Crippen molar-refractivity contribution >= 4 is 60.9 Å². The van der Waals surface area contributed by atoms with Gasteiger partial charge in [0.05, 0.1) is 11.4 Å². The molecule has 296 valence electrons. The van der Waals surface area contributed by atoms with E-state index in [1.165, 1.54) is 22.3 Å². The molecule has 2 aromatic heterocycles. The second-order valence-electron chi connectivity index (χ2n) is 16.0. The minimum absolute atomic E-state index is 0.835. The molecule has 0 radical (unpaired) electrons. The van der Waals surface area contributed by atoms with Gasteiger partial charge in [0.2, 0.25) is 0 Å². The Morgan fingerprint density at radius 3 is 1.54 bits per heavy atom. The highest BCUT2D eigenvalue weighted by atomic mass is 16.3. The molecule has 3 heteroatoms. The molecular formula is C60H39NO2. The number of para-hydroxylation sites is 4. The van der Waals surface area contributed by atoms with Gasteiger partial charge in [-0.15, -0.1) is 0 Å². The minimum Gasteiger partial charge on any atom is -0.456 e. The molecular weight excluding hydrogens is 767 g/mol. The number of anilines is 3. The Morgan fingerprint density at radius 2 is 0.762 bits per heavy atom. The van der Waals surface area contributed by atoms with Gasteiger partial charge in [-0.3, -0.25) is 0 Å². The van der Waals surface area contributed by atoms with Crippen LogP contribution in [0.1, 0.15) is 0 Å². The summed E-state index contributed by atoms with van der Waals surface area (Å²) in [4.78, 5) is 2.37. The van der Waals surface area contributed by atoms with E-state index in [-0.39, 0.29) is 0 Å². The molecule has 12 aromatic rings. The van der Waals surface area contributed by atoms with Crippen LogP contribution in [-0.2, 0) is 0 Å². The smallest absolute Gasteiger partial charge is 0.159 e. The van der Waals surface area contributed by atoms with Gasteiger partial charge in [0.25, 0.3) is 0 Å². The SMILES string of the molecule is c1ccc(-c2ccc(-c3ccccc3N(c3ccc(-c4ccc5c(c4)oc4ccccc45)cc3)c3cccc4c3oc3ccccc34)c(-c3ccccc3-c3ccccc3)c2)cc1. The summed E-state index contributed by atoms with van der Waals surface area (Å²) >= 11 is 0. The fourth-order valence-electron chi connectivity index (χ4n) is 9.32. The zero-order valence-electron chi connectivity index (χ0n) is 34.3. The lowest BCUT2D eigenvalue weighted by Crippen LogP contribution is -2.11. The number of fused-ring (bicyclic) bond motifs is 6. The van der Waals surface area contributed by atoms with E-state index in [0.29, 0.717) is 0 Å². The summed E-state index contributed by atoms with van der Waals surface area (Å²) in [5.41, 5.74) is 17.9. The van der Waals surface area contributed by atoms with Gasteiger partial charge in [0.1, 0.15) is 16.7 Å². The van der Waals surface area contributed by atoms with Gasteiger partial charge in [0.15, 0.2) is 5.58 Å². The van der Waals surface area contributed by atoms with Crippen LogP contribution in [0, 0.1) is 0 Å².